The van der Waals surface area contributed by atoms with Crippen LogP contribution in [0.3, 0.4) is 0 Å². The van der Waals surface area contributed by atoms with Gasteiger partial charge in [-0.05, 0) is 0 Å². The van der Waals surface area contributed by atoms with Gasteiger partial charge in [0.25, 0.3) is 0 Å². The molecular formula is C4H4N2O3. The third-order valence-electron chi connectivity index (χ3n) is 0.948. The van der Waals surface area contributed by atoms with Gasteiger partial charge in [0.15, 0.2) is 0 Å². The van der Waals surface area contributed by atoms with Crippen LogP contribution in [0, 0.1) is 0 Å². The van der Waals surface area contributed by atoms with E-state index in [1.165, 1.54) is 0 Å². The molecule has 1 saturated heterocycles. The van der Waals surface area contributed by atoms with Gasteiger partial charge >= 0.3 is 6.03 Å². The van der Waals surface area contributed by atoms with Crippen molar-refractivity contribution in [1.29, 1.82) is 0 Å². The van der Waals surface area contributed by atoms with Crippen molar-refractivity contribution in [3.05, 3.63) is 0 Å². The molecule has 1 N–H and O–H groups in total. The van der Waals surface area contributed by atoms with Gasteiger partial charge in [-0.25, -0.2) is 4.79 Å². The first-order valence-corrected chi connectivity index (χ1v) is 2.30. The number of nitrogens with one attached hydrogen (secondary N) is 1. The SMILES string of the molecule is O=CN1CC(=O)NC1=O. The first-order chi connectivity index (χ1) is 4.24. The van der Waals surface area contributed by atoms with Crippen molar-refractivity contribution in [2.24, 2.45) is 0 Å². The lowest BCUT2D eigenvalue weighted by molar-refractivity contribution is -0.121. The first-order valence-electron chi connectivity index (χ1n) is 2.30. The van der Waals surface area contributed by atoms with E-state index in [0.717, 1.165) is 4.90 Å². The molecule has 1 aliphatic rings. The van der Waals surface area contributed by atoms with Crippen LogP contribution in [0.2, 0.25) is 0 Å². The van der Waals surface area contributed by atoms with Crippen molar-refractivity contribution in [2.45, 2.75) is 0 Å². The number of hydrogen-bond acceptors (Lipinski definition) is 3. The fraction of sp³-hybridized carbons (Fsp3) is 0.250. The second-order valence-corrected chi connectivity index (χ2v) is 1.59. The van der Waals surface area contributed by atoms with Crippen LogP contribution in [0.1, 0.15) is 0 Å². The summed E-state index contributed by atoms with van der Waals surface area (Å²) in [5.41, 5.74) is 0. The largest absolute Gasteiger partial charge is 0.331 e. The minimum Gasteiger partial charge on any atom is -0.278 e. The summed E-state index contributed by atoms with van der Waals surface area (Å²) in [6.45, 7) is -0.150. The van der Waals surface area contributed by atoms with E-state index in [1.54, 1.807) is 0 Å². The number of nitrogens with zero attached hydrogens (tertiary/aromatic N) is 1. The van der Waals surface area contributed by atoms with Gasteiger partial charge in [0.05, 0.1) is 0 Å². The molecule has 0 aliphatic carbocycles. The van der Waals surface area contributed by atoms with Gasteiger partial charge in [0.2, 0.25) is 12.3 Å². The molecule has 48 valence electrons. The summed E-state index contributed by atoms with van der Waals surface area (Å²) in [5, 5.41) is 1.93. The zero-order chi connectivity index (χ0) is 6.85. The highest BCUT2D eigenvalue weighted by molar-refractivity contribution is 6.06. The molecule has 0 bridgehead atoms. The molecule has 1 rings (SSSR count). The van der Waals surface area contributed by atoms with Crippen LogP contribution in [-0.2, 0) is 9.59 Å². The van der Waals surface area contributed by atoms with Crippen molar-refractivity contribution in [3.63, 3.8) is 0 Å². The van der Waals surface area contributed by atoms with Gasteiger partial charge in [-0.3, -0.25) is 19.8 Å². The maximum atomic E-state index is 10.4. The number of hydrogen-bond donors (Lipinski definition) is 1. The molecule has 5 nitrogen and oxygen atoms in total. The van der Waals surface area contributed by atoms with Crippen LogP contribution in [0.25, 0.3) is 0 Å². The van der Waals surface area contributed by atoms with E-state index >= 15 is 0 Å². The third kappa shape index (κ3) is 0.883. The zero-order valence-corrected chi connectivity index (χ0v) is 4.46. The number of carbonyl (C=O) groups excluding carboxylic acids is 3. The Bertz CT molecular complexity index is 177. The Labute approximate surface area is 50.6 Å². The molecule has 1 fully saturated rings. The molecule has 9 heavy (non-hydrogen) atoms. The highest BCUT2D eigenvalue weighted by Gasteiger charge is 2.25. The van der Waals surface area contributed by atoms with Crippen molar-refractivity contribution in [1.82, 2.24) is 10.2 Å². The number of imide groups is 2. The van der Waals surface area contributed by atoms with Crippen LogP contribution in [0.5, 0.6) is 0 Å². The highest BCUT2D eigenvalue weighted by Crippen LogP contribution is 1.91. The summed E-state index contributed by atoms with van der Waals surface area (Å²) in [7, 11) is 0. The van der Waals surface area contributed by atoms with Crippen LogP contribution < -0.4 is 5.32 Å². The van der Waals surface area contributed by atoms with Gasteiger partial charge in [-0.15, -0.1) is 0 Å². The predicted octanol–water partition coefficient (Wildman–Crippen LogP) is -1.31. The van der Waals surface area contributed by atoms with Crippen molar-refractivity contribution in [2.75, 3.05) is 6.54 Å². The Hall–Kier alpha value is -1.39. The summed E-state index contributed by atoms with van der Waals surface area (Å²) in [6, 6.07) is -0.644. The fourth-order valence-electron chi connectivity index (χ4n) is 0.542. The monoisotopic (exact) mass is 128 g/mol. The molecule has 0 unspecified atom stereocenters. The van der Waals surface area contributed by atoms with E-state index in [0.29, 0.717) is 6.41 Å². The summed E-state index contributed by atoms with van der Waals surface area (Å²) in [6.07, 6.45) is 0.320. The molecule has 4 amide bonds. The van der Waals surface area contributed by atoms with E-state index in [1.807, 2.05) is 5.32 Å². The van der Waals surface area contributed by atoms with E-state index in [-0.39, 0.29) is 6.54 Å². The quantitative estimate of drug-likeness (QED) is 0.352. The second kappa shape index (κ2) is 1.85. The third-order valence-corrected chi connectivity index (χ3v) is 0.948. The predicted molar refractivity (Wildman–Crippen MR) is 26.3 cm³/mol. The molecule has 0 radical (unpaired) electrons. The molecule has 1 heterocycles. The maximum absolute atomic E-state index is 10.4. The van der Waals surface area contributed by atoms with Crippen molar-refractivity contribution < 1.29 is 14.4 Å². The van der Waals surface area contributed by atoms with Crippen molar-refractivity contribution in [3.8, 4) is 0 Å². The van der Waals surface area contributed by atoms with Gasteiger partial charge in [-0.1, -0.05) is 0 Å². The normalized spacial score (nSPS) is 18.0. The standard InChI is InChI=1S/C4H4N2O3/c7-2-6-1-3(8)5-4(6)9/h2H,1H2,(H,5,8,9). The van der Waals surface area contributed by atoms with E-state index in [2.05, 4.69) is 0 Å². The Kier molecular flexibility index (Phi) is 1.18. The Balaban J connectivity index is 2.68. The Morgan fingerprint density at radius 3 is 2.44 bits per heavy atom. The lowest BCUT2D eigenvalue weighted by Crippen LogP contribution is -2.26. The topological polar surface area (TPSA) is 66.5 Å². The number of amides is 4. The molecular weight excluding hydrogens is 124 g/mol. The Morgan fingerprint density at radius 1 is 1.56 bits per heavy atom. The molecule has 0 saturated carbocycles. The fourth-order valence-corrected chi connectivity index (χ4v) is 0.542. The Morgan fingerprint density at radius 2 is 2.22 bits per heavy atom. The summed E-state index contributed by atoms with van der Waals surface area (Å²) < 4.78 is 0. The lowest BCUT2D eigenvalue weighted by atomic mass is 10.6. The van der Waals surface area contributed by atoms with Gasteiger partial charge in [-0.2, -0.15) is 0 Å². The van der Waals surface area contributed by atoms with E-state index in [9.17, 15) is 14.4 Å². The van der Waals surface area contributed by atoms with Gasteiger partial charge in [0, 0.05) is 0 Å². The highest BCUT2D eigenvalue weighted by atomic mass is 16.2. The molecule has 0 spiro atoms. The molecule has 1 aliphatic heterocycles. The number of rotatable bonds is 1. The smallest absolute Gasteiger partial charge is 0.278 e. The number of carbonyl (C=O) groups is 3. The zero-order valence-electron chi connectivity index (χ0n) is 4.46. The minimum atomic E-state index is -0.644. The van der Waals surface area contributed by atoms with Crippen LogP contribution in [-0.4, -0.2) is 29.8 Å². The first kappa shape index (κ1) is 5.74. The molecule has 0 aromatic rings. The molecule has 5 heteroatoms. The summed E-state index contributed by atoms with van der Waals surface area (Å²) in [5.74, 6) is -0.438. The molecule has 0 aromatic heterocycles. The van der Waals surface area contributed by atoms with E-state index < -0.39 is 11.9 Å². The maximum Gasteiger partial charge on any atom is 0.331 e. The van der Waals surface area contributed by atoms with Crippen LogP contribution in [0.4, 0.5) is 4.79 Å². The van der Waals surface area contributed by atoms with Crippen LogP contribution >= 0.6 is 0 Å². The summed E-state index contributed by atoms with van der Waals surface area (Å²) in [4.78, 5) is 31.3. The lowest BCUT2D eigenvalue weighted by Gasteiger charge is -1.97. The average Bonchev–Trinajstić information content (AvgIpc) is 2.10. The average molecular weight is 128 g/mol. The van der Waals surface area contributed by atoms with Crippen LogP contribution in [0.15, 0.2) is 0 Å². The minimum absolute atomic E-state index is 0.150. The second-order valence-electron chi connectivity index (χ2n) is 1.59. The number of urea groups is 1. The van der Waals surface area contributed by atoms with Gasteiger partial charge < -0.3 is 0 Å². The van der Waals surface area contributed by atoms with Gasteiger partial charge in [0.1, 0.15) is 6.54 Å². The molecule has 0 atom stereocenters. The van der Waals surface area contributed by atoms with E-state index in [4.69, 9.17) is 0 Å². The summed E-state index contributed by atoms with van der Waals surface area (Å²) >= 11 is 0. The molecule has 0 aromatic carbocycles. The van der Waals surface area contributed by atoms with Crippen molar-refractivity contribution >= 4 is 18.3 Å².